The maximum Gasteiger partial charge on any atom is 0.308 e. The standard InChI is InChI=1S/C22H24N2O4/c1-14-3-2-4-15(11-14)12-18(22(27)28)13-23-20(25)16-5-7-17(8-6-16)21(26)24-19-9-10-19/h2-8,11,18-19H,9-10,12-13H2,1H3,(H,23,25)(H,24,26)(H,27,28). The van der Waals surface area contributed by atoms with Crippen LogP contribution in [0.25, 0.3) is 0 Å². The zero-order valence-corrected chi connectivity index (χ0v) is 15.8. The molecule has 2 aromatic rings. The molecule has 146 valence electrons. The predicted molar refractivity (Wildman–Crippen MR) is 105 cm³/mol. The van der Waals surface area contributed by atoms with Crippen molar-refractivity contribution in [3.63, 3.8) is 0 Å². The lowest BCUT2D eigenvalue weighted by Gasteiger charge is -2.14. The molecule has 0 aliphatic heterocycles. The van der Waals surface area contributed by atoms with E-state index < -0.39 is 11.9 Å². The maximum absolute atomic E-state index is 12.3. The molecule has 0 spiro atoms. The Morgan fingerprint density at radius 2 is 1.68 bits per heavy atom. The van der Waals surface area contributed by atoms with Crippen molar-refractivity contribution in [3.8, 4) is 0 Å². The Morgan fingerprint density at radius 3 is 2.25 bits per heavy atom. The van der Waals surface area contributed by atoms with Crippen molar-refractivity contribution >= 4 is 17.8 Å². The van der Waals surface area contributed by atoms with Crippen molar-refractivity contribution in [1.82, 2.24) is 10.6 Å². The van der Waals surface area contributed by atoms with E-state index in [-0.39, 0.29) is 24.4 Å². The van der Waals surface area contributed by atoms with Crippen LogP contribution < -0.4 is 10.6 Å². The van der Waals surface area contributed by atoms with Crippen LogP contribution in [0.5, 0.6) is 0 Å². The van der Waals surface area contributed by atoms with Crippen molar-refractivity contribution in [2.75, 3.05) is 6.54 Å². The van der Waals surface area contributed by atoms with E-state index in [2.05, 4.69) is 10.6 Å². The lowest BCUT2D eigenvalue weighted by molar-refractivity contribution is -0.141. The third kappa shape index (κ3) is 5.42. The molecular weight excluding hydrogens is 356 g/mol. The van der Waals surface area contributed by atoms with Gasteiger partial charge in [-0.2, -0.15) is 0 Å². The highest BCUT2D eigenvalue weighted by Crippen LogP contribution is 2.19. The molecule has 0 radical (unpaired) electrons. The number of hydrogen-bond donors (Lipinski definition) is 3. The molecule has 6 heteroatoms. The first-order valence-corrected chi connectivity index (χ1v) is 9.40. The van der Waals surface area contributed by atoms with Gasteiger partial charge in [0.15, 0.2) is 0 Å². The summed E-state index contributed by atoms with van der Waals surface area (Å²) in [6.45, 7) is 1.99. The Bertz CT molecular complexity index is 872. The van der Waals surface area contributed by atoms with E-state index in [0.717, 1.165) is 24.0 Å². The zero-order valence-electron chi connectivity index (χ0n) is 15.8. The van der Waals surface area contributed by atoms with Crippen LogP contribution in [0.15, 0.2) is 48.5 Å². The fourth-order valence-corrected chi connectivity index (χ4v) is 2.96. The largest absolute Gasteiger partial charge is 0.481 e. The number of amides is 2. The van der Waals surface area contributed by atoms with Crippen molar-refractivity contribution < 1.29 is 19.5 Å². The van der Waals surface area contributed by atoms with Gasteiger partial charge in [0.1, 0.15) is 0 Å². The Kier molecular flexibility index (Phi) is 6.09. The van der Waals surface area contributed by atoms with Crippen LogP contribution in [-0.2, 0) is 11.2 Å². The molecule has 0 bridgehead atoms. The third-order valence-corrected chi connectivity index (χ3v) is 4.74. The lowest BCUT2D eigenvalue weighted by Crippen LogP contribution is -2.34. The van der Waals surface area contributed by atoms with Gasteiger partial charge < -0.3 is 15.7 Å². The second-order valence-electron chi connectivity index (χ2n) is 7.26. The van der Waals surface area contributed by atoms with Gasteiger partial charge in [-0.1, -0.05) is 29.8 Å². The minimum absolute atomic E-state index is 0.0338. The molecule has 2 aromatic carbocycles. The lowest BCUT2D eigenvalue weighted by atomic mass is 9.98. The minimum atomic E-state index is -0.950. The second-order valence-corrected chi connectivity index (χ2v) is 7.26. The van der Waals surface area contributed by atoms with Crippen LogP contribution in [0.4, 0.5) is 0 Å². The minimum Gasteiger partial charge on any atom is -0.481 e. The van der Waals surface area contributed by atoms with Crippen LogP contribution in [0.2, 0.25) is 0 Å². The Hall–Kier alpha value is -3.15. The van der Waals surface area contributed by atoms with Crippen LogP contribution in [0.3, 0.4) is 0 Å². The molecule has 1 aliphatic carbocycles. The molecule has 28 heavy (non-hydrogen) atoms. The molecule has 3 N–H and O–H groups in total. The van der Waals surface area contributed by atoms with E-state index in [1.807, 2.05) is 31.2 Å². The van der Waals surface area contributed by atoms with Gasteiger partial charge in [0.25, 0.3) is 11.8 Å². The van der Waals surface area contributed by atoms with E-state index >= 15 is 0 Å². The van der Waals surface area contributed by atoms with Gasteiger partial charge in [0.2, 0.25) is 0 Å². The fraction of sp³-hybridized carbons (Fsp3) is 0.318. The van der Waals surface area contributed by atoms with E-state index in [4.69, 9.17) is 0 Å². The molecule has 1 unspecified atom stereocenters. The Balaban J connectivity index is 1.56. The summed E-state index contributed by atoms with van der Waals surface area (Å²) >= 11 is 0. The number of aliphatic carboxylic acids is 1. The highest BCUT2D eigenvalue weighted by atomic mass is 16.4. The van der Waals surface area contributed by atoms with Gasteiger partial charge in [0.05, 0.1) is 5.92 Å². The molecule has 0 saturated heterocycles. The fourth-order valence-electron chi connectivity index (χ4n) is 2.96. The summed E-state index contributed by atoms with van der Waals surface area (Å²) in [4.78, 5) is 35.9. The average molecular weight is 380 g/mol. The highest BCUT2D eigenvalue weighted by molar-refractivity contribution is 5.98. The van der Waals surface area contributed by atoms with Crippen LogP contribution in [0, 0.1) is 12.8 Å². The summed E-state index contributed by atoms with van der Waals surface area (Å²) in [5.74, 6) is -2.16. The van der Waals surface area contributed by atoms with E-state index in [9.17, 15) is 19.5 Å². The van der Waals surface area contributed by atoms with Gasteiger partial charge >= 0.3 is 5.97 Å². The third-order valence-electron chi connectivity index (χ3n) is 4.74. The quantitative estimate of drug-likeness (QED) is 0.656. The zero-order chi connectivity index (χ0) is 20.1. The number of benzene rings is 2. The molecule has 1 fully saturated rings. The molecule has 0 aromatic heterocycles. The number of carboxylic acids is 1. The molecule has 3 rings (SSSR count). The summed E-state index contributed by atoms with van der Waals surface area (Å²) in [6.07, 6.45) is 2.37. The van der Waals surface area contributed by atoms with Gasteiger partial charge in [0, 0.05) is 23.7 Å². The normalized spacial score (nSPS) is 14.2. The Labute approximate surface area is 164 Å². The first kappa shape index (κ1) is 19.6. The van der Waals surface area contributed by atoms with E-state index in [1.165, 1.54) is 0 Å². The van der Waals surface area contributed by atoms with Crippen LogP contribution in [0.1, 0.15) is 44.7 Å². The molecule has 1 aliphatic rings. The van der Waals surface area contributed by atoms with Gasteiger partial charge in [-0.15, -0.1) is 0 Å². The highest BCUT2D eigenvalue weighted by Gasteiger charge is 2.24. The van der Waals surface area contributed by atoms with Gasteiger partial charge in [-0.05, 0) is 56.0 Å². The number of carboxylic acid groups (broad SMARTS) is 1. The van der Waals surface area contributed by atoms with E-state index in [0.29, 0.717) is 17.5 Å². The van der Waals surface area contributed by atoms with Crippen molar-refractivity contribution in [3.05, 3.63) is 70.8 Å². The Morgan fingerprint density at radius 1 is 1.04 bits per heavy atom. The first-order chi connectivity index (χ1) is 13.4. The van der Waals surface area contributed by atoms with Gasteiger partial charge in [-0.3, -0.25) is 14.4 Å². The van der Waals surface area contributed by atoms with Crippen molar-refractivity contribution in [2.45, 2.75) is 32.2 Å². The summed E-state index contributed by atoms with van der Waals surface area (Å²) in [6, 6.07) is 14.3. The summed E-state index contributed by atoms with van der Waals surface area (Å²) in [5, 5.41) is 15.0. The second kappa shape index (κ2) is 8.69. The number of aryl methyl sites for hydroxylation is 1. The molecule has 6 nitrogen and oxygen atoms in total. The van der Waals surface area contributed by atoms with Crippen molar-refractivity contribution in [2.24, 2.45) is 5.92 Å². The SMILES string of the molecule is Cc1cccc(CC(CNC(=O)c2ccc(C(=O)NC3CC3)cc2)C(=O)O)c1. The van der Waals surface area contributed by atoms with Gasteiger partial charge in [-0.25, -0.2) is 0 Å². The van der Waals surface area contributed by atoms with Crippen molar-refractivity contribution in [1.29, 1.82) is 0 Å². The molecule has 0 heterocycles. The molecule has 1 saturated carbocycles. The number of nitrogens with one attached hydrogen (secondary N) is 2. The number of carbonyl (C=O) groups is 3. The number of rotatable bonds is 8. The molecular formula is C22H24N2O4. The topological polar surface area (TPSA) is 95.5 Å². The summed E-state index contributed by atoms with van der Waals surface area (Å²) in [5.41, 5.74) is 2.89. The maximum atomic E-state index is 12.3. The monoisotopic (exact) mass is 380 g/mol. The summed E-state index contributed by atoms with van der Waals surface area (Å²) in [7, 11) is 0. The summed E-state index contributed by atoms with van der Waals surface area (Å²) < 4.78 is 0. The molecule has 1 atom stereocenters. The number of carbonyl (C=O) groups excluding carboxylic acids is 2. The predicted octanol–water partition coefficient (Wildman–Crippen LogP) is 2.56. The first-order valence-electron chi connectivity index (χ1n) is 9.40. The number of hydrogen-bond acceptors (Lipinski definition) is 3. The van der Waals surface area contributed by atoms with Crippen LogP contribution >= 0.6 is 0 Å². The average Bonchev–Trinajstić information content (AvgIpc) is 3.48. The van der Waals surface area contributed by atoms with Crippen LogP contribution in [-0.4, -0.2) is 35.5 Å². The van der Waals surface area contributed by atoms with E-state index in [1.54, 1.807) is 24.3 Å². The smallest absolute Gasteiger partial charge is 0.308 e. The molecule has 2 amide bonds.